The molecule has 2 rings (SSSR count). The standard InChI is InChI=1S/C15H28N4O2/c1-3-15(2,13(16)17-21)14(20)19-10-8-18(9-11-19)12-6-4-5-7-12/h12,21H,3-11H2,1-2H3,(H2,16,17). The van der Waals surface area contributed by atoms with Crippen molar-refractivity contribution in [2.24, 2.45) is 16.3 Å². The van der Waals surface area contributed by atoms with Gasteiger partial charge in [0.2, 0.25) is 5.91 Å². The van der Waals surface area contributed by atoms with E-state index < -0.39 is 5.41 Å². The van der Waals surface area contributed by atoms with E-state index in [0.717, 1.165) is 26.2 Å². The summed E-state index contributed by atoms with van der Waals surface area (Å²) in [5.74, 6) is -0.0143. The van der Waals surface area contributed by atoms with Crippen LogP contribution < -0.4 is 5.73 Å². The van der Waals surface area contributed by atoms with Crippen molar-refractivity contribution in [3.05, 3.63) is 0 Å². The van der Waals surface area contributed by atoms with Crippen LogP contribution in [-0.2, 0) is 4.79 Å². The molecule has 6 heteroatoms. The molecule has 6 nitrogen and oxygen atoms in total. The number of amidine groups is 1. The number of rotatable bonds is 4. The van der Waals surface area contributed by atoms with Crippen LogP contribution in [0.25, 0.3) is 0 Å². The number of oxime groups is 1. The normalized spacial score (nSPS) is 25.0. The fourth-order valence-corrected chi connectivity index (χ4v) is 3.46. The van der Waals surface area contributed by atoms with Gasteiger partial charge in [0.15, 0.2) is 5.84 Å². The van der Waals surface area contributed by atoms with Crippen LogP contribution in [0.4, 0.5) is 0 Å². The summed E-state index contributed by atoms with van der Waals surface area (Å²) in [5.41, 5.74) is 4.84. The molecule has 1 unspecified atom stereocenters. The minimum atomic E-state index is -0.899. The van der Waals surface area contributed by atoms with Gasteiger partial charge < -0.3 is 15.8 Å². The summed E-state index contributed by atoms with van der Waals surface area (Å²) in [5, 5.41) is 12.0. The lowest BCUT2D eigenvalue weighted by molar-refractivity contribution is -0.140. The van der Waals surface area contributed by atoms with Crippen molar-refractivity contribution in [3.63, 3.8) is 0 Å². The minimum Gasteiger partial charge on any atom is -0.409 e. The minimum absolute atomic E-state index is 0.00761. The molecule has 1 saturated carbocycles. The number of nitrogens with zero attached hydrogens (tertiary/aromatic N) is 3. The highest BCUT2D eigenvalue weighted by molar-refractivity contribution is 6.06. The van der Waals surface area contributed by atoms with E-state index in [1.807, 2.05) is 11.8 Å². The number of carbonyl (C=O) groups is 1. The summed E-state index contributed by atoms with van der Waals surface area (Å²) < 4.78 is 0. The predicted octanol–water partition coefficient (Wildman–Crippen LogP) is 1.24. The maximum absolute atomic E-state index is 12.7. The summed E-state index contributed by atoms with van der Waals surface area (Å²) in [6, 6.07) is 0.712. The molecule has 1 amide bonds. The molecule has 2 aliphatic rings. The molecule has 0 aromatic heterocycles. The Morgan fingerprint density at radius 2 is 1.86 bits per heavy atom. The number of nitrogens with two attached hydrogens (primary N) is 1. The van der Waals surface area contributed by atoms with Gasteiger partial charge in [0.05, 0.1) is 0 Å². The fourth-order valence-electron chi connectivity index (χ4n) is 3.46. The van der Waals surface area contributed by atoms with Crippen LogP contribution >= 0.6 is 0 Å². The first-order valence-electron chi connectivity index (χ1n) is 8.04. The zero-order valence-electron chi connectivity index (χ0n) is 13.2. The lowest BCUT2D eigenvalue weighted by atomic mass is 9.84. The number of carbonyl (C=O) groups excluding carboxylic acids is 1. The Morgan fingerprint density at radius 1 is 1.29 bits per heavy atom. The van der Waals surface area contributed by atoms with E-state index >= 15 is 0 Å². The van der Waals surface area contributed by atoms with E-state index in [-0.39, 0.29) is 11.7 Å². The van der Waals surface area contributed by atoms with E-state index in [4.69, 9.17) is 10.9 Å². The first-order chi connectivity index (χ1) is 10.0. The molecule has 1 aliphatic heterocycles. The summed E-state index contributed by atoms with van der Waals surface area (Å²) in [6.45, 7) is 7.00. The second kappa shape index (κ2) is 6.64. The molecule has 0 aromatic carbocycles. The molecule has 1 aliphatic carbocycles. The van der Waals surface area contributed by atoms with Crippen molar-refractivity contribution in [1.82, 2.24) is 9.80 Å². The van der Waals surface area contributed by atoms with Gasteiger partial charge in [-0.1, -0.05) is 24.9 Å². The Kier molecular flexibility index (Phi) is 5.08. The van der Waals surface area contributed by atoms with Crippen molar-refractivity contribution >= 4 is 11.7 Å². The third kappa shape index (κ3) is 3.15. The van der Waals surface area contributed by atoms with Gasteiger partial charge >= 0.3 is 0 Å². The Hall–Kier alpha value is -1.30. The molecule has 2 fully saturated rings. The van der Waals surface area contributed by atoms with Crippen LogP contribution in [0.2, 0.25) is 0 Å². The summed E-state index contributed by atoms with van der Waals surface area (Å²) in [4.78, 5) is 17.1. The molecule has 1 heterocycles. The maximum Gasteiger partial charge on any atom is 0.236 e. The largest absolute Gasteiger partial charge is 0.409 e. The van der Waals surface area contributed by atoms with E-state index in [2.05, 4.69) is 10.1 Å². The number of piperazine rings is 1. The summed E-state index contributed by atoms with van der Waals surface area (Å²) in [6.07, 6.45) is 5.79. The van der Waals surface area contributed by atoms with Crippen LogP contribution in [0.1, 0.15) is 46.0 Å². The van der Waals surface area contributed by atoms with Gasteiger partial charge in [-0.05, 0) is 26.2 Å². The van der Waals surface area contributed by atoms with Gasteiger partial charge in [-0.3, -0.25) is 9.69 Å². The quantitative estimate of drug-likeness (QED) is 0.354. The van der Waals surface area contributed by atoms with Crippen LogP contribution in [0, 0.1) is 5.41 Å². The van der Waals surface area contributed by atoms with Crippen LogP contribution in [0.3, 0.4) is 0 Å². The molecular formula is C15H28N4O2. The van der Waals surface area contributed by atoms with Gasteiger partial charge in [-0.15, -0.1) is 0 Å². The average Bonchev–Trinajstić information content (AvgIpc) is 3.07. The SMILES string of the molecule is CCC(C)(C(=O)N1CCN(C2CCCC2)CC1)C(N)=NO. The Labute approximate surface area is 127 Å². The number of amides is 1. The van der Waals surface area contributed by atoms with Crippen molar-refractivity contribution in [3.8, 4) is 0 Å². The summed E-state index contributed by atoms with van der Waals surface area (Å²) >= 11 is 0. The molecular weight excluding hydrogens is 268 g/mol. The molecule has 1 atom stereocenters. The second-order valence-corrected chi connectivity index (χ2v) is 6.44. The van der Waals surface area contributed by atoms with Crippen LogP contribution in [-0.4, -0.2) is 59.0 Å². The zero-order valence-corrected chi connectivity index (χ0v) is 13.2. The maximum atomic E-state index is 12.7. The molecule has 21 heavy (non-hydrogen) atoms. The zero-order chi connectivity index (χ0) is 15.5. The Bertz CT molecular complexity index is 398. The van der Waals surface area contributed by atoms with Gasteiger partial charge in [-0.2, -0.15) is 0 Å². The number of hydrogen-bond donors (Lipinski definition) is 2. The molecule has 0 radical (unpaired) electrons. The van der Waals surface area contributed by atoms with E-state index in [1.165, 1.54) is 25.7 Å². The molecule has 120 valence electrons. The van der Waals surface area contributed by atoms with E-state index in [9.17, 15) is 4.79 Å². The molecule has 0 bridgehead atoms. The monoisotopic (exact) mass is 296 g/mol. The topological polar surface area (TPSA) is 82.2 Å². The highest BCUT2D eigenvalue weighted by atomic mass is 16.4. The van der Waals surface area contributed by atoms with E-state index in [0.29, 0.717) is 12.5 Å². The van der Waals surface area contributed by atoms with Crippen LogP contribution in [0.5, 0.6) is 0 Å². The molecule has 3 N–H and O–H groups in total. The van der Waals surface area contributed by atoms with Crippen molar-refractivity contribution in [2.45, 2.75) is 52.0 Å². The first kappa shape index (κ1) is 16.1. The Balaban J connectivity index is 1.96. The predicted molar refractivity (Wildman–Crippen MR) is 82.2 cm³/mol. The van der Waals surface area contributed by atoms with Crippen molar-refractivity contribution in [2.75, 3.05) is 26.2 Å². The van der Waals surface area contributed by atoms with Gasteiger partial charge in [-0.25, -0.2) is 0 Å². The highest BCUT2D eigenvalue weighted by Crippen LogP contribution is 2.27. The van der Waals surface area contributed by atoms with Gasteiger partial charge in [0.1, 0.15) is 5.41 Å². The first-order valence-corrected chi connectivity index (χ1v) is 8.04. The van der Waals surface area contributed by atoms with Crippen LogP contribution in [0.15, 0.2) is 5.16 Å². The third-order valence-electron chi connectivity index (χ3n) is 5.29. The number of hydrogen-bond acceptors (Lipinski definition) is 4. The molecule has 1 saturated heterocycles. The van der Waals surface area contributed by atoms with Crippen molar-refractivity contribution < 1.29 is 10.0 Å². The lowest BCUT2D eigenvalue weighted by Crippen LogP contribution is -2.56. The lowest BCUT2D eigenvalue weighted by Gasteiger charge is -2.41. The van der Waals surface area contributed by atoms with Gasteiger partial charge in [0.25, 0.3) is 0 Å². The highest BCUT2D eigenvalue weighted by Gasteiger charge is 2.40. The van der Waals surface area contributed by atoms with Crippen molar-refractivity contribution in [1.29, 1.82) is 0 Å². The third-order valence-corrected chi connectivity index (χ3v) is 5.29. The smallest absolute Gasteiger partial charge is 0.236 e. The fraction of sp³-hybridized carbons (Fsp3) is 0.867. The molecule has 0 spiro atoms. The second-order valence-electron chi connectivity index (χ2n) is 6.44. The average molecular weight is 296 g/mol. The van der Waals surface area contributed by atoms with E-state index in [1.54, 1.807) is 6.92 Å². The summed E-state index contributed by atoms with van der Waals surface area (Å²) in [7, 11) is 0. The molecule has 0 aromatic rings. The van der Waals surface area contributed by atoms with Gasteiger partial charge in [0, 0.05) is 32.2 Å². The Morgan fingerprint density at radius 3 is 2.33 bits per heavy atom.